The number of alkyl halides is 3. The monoisotopic (exact) mass is 561 g/mol. The van der Waals surface area contributed by atoms with Crippen molar-refractivity contribution in [3.05, 3.63) is 28.9 Å². The highest BCUT2D eigenvalue weighted by Gasteiger charge is 2.69. The third kappa shape index (κ3) is 5.16. The van der Waals surface area contributed by atoms with Gasteiger partial charge in [-0.1, -0.05) is 19.8 Å². The number of carbonyl (C=O) groups is 3. The average Bonchev–Trinajstić information content (AvgIpc) is 3.24. The van der Waals surface area contributed by atoms with Gasteiger partial charge in [0, 0.05) is 47.9 Å². The second-order valence-electron chi connectivity index (χ2n) is 10.1. The molecule has 0 spiro atoms. The minimum Gasteiger partial charge on any atom is -0.382 e. The quantitative estimate of drug-likeness (QED) is 0.501. The van der Waals surface area contributed by atoms with Gasteiger partial charge in [0.25, 0.3) is 0 Å². The SMILES string of the molecule is CC#Cc1csc2cncc(C(C#N)NC(=O)[C@@H]3[C@@H]4[C@H](CN3C(=O)[C@H](COC)NC(=O)C(F)(F)F)C4(C)C)c12. The van der Waals surface area contributed by atoms with E-state index < -0.39 is 48.6 Å². The Bertz CT molecular complexity index is 1420. The summed E-state index contributed by atoms with van der Waals surface area (Å²) < 4.78 is 44.3. The van der Waals surface area contributed by atoms with Crippen molar-refractivity contribution in [3.63, 3.8) is 0 Å². The van der Waals surface area contributed by atoms with E-state index in [1.165, 1.54) is 29.5 Å². The van der Waals surface area contributed by atoms with Crippen LogP contribution < -0.4 is 10.6 Å². The van der Waals surface area contributed by atoms with Crippen molar-refractivity contribution in [3.8, 4) is 17.9 Å². The summed E-state index contributed by atoms with van der Waals surface area (Å²) in [6, 6.07) is -1.75. The van der Waals surface area contributed by atoms with Gasteiger partial charge in [-0.2, -0.15) is 18.4 Å². The molecule has 0 aromatic carbocycles. The van der Waals surface area contributed by atoms with Gasteiger partial charge in [0.15, 0.2) is 0 Å². The second-order valence-corrected chi connectivity index (χ2v) is 11.0. The van der Waals surface area contributed by atoms with E-state index in [1.807, 2.05) is 19.2 Å². The van der Waals surface area contributed by atoms with Crippen LogP contribution in [0.5, 0.6) is 0 Å². The van der Waals surface area contributed by atoms with Crippen LogP contribution in [-0.4, -0.2) is 66.1 Å². The molecule has 2 aliphatic rings. The van der Waals surface area contributed by atoms with Crippen molar-refractivity contribution in [1.82, 2.24) is 20.5 Å². The van der Waals surface area contributed by atoms with E-state index in [2.05, 4.69) is 28.2 Å². The van der Waals surface area contributed by atoms with Gasteiger partial charge in [-0.25, -0.2) is 0 Å². The molecule has 1 aliphatic carbocycles. The number of hydrogen-bond donors (Lipinski definition) is 2. The lowest BCUT2D eigenvalue weighted by Crippen LogP contribution is -2.58. The van der Waals surface area contributed by atoms with Gasteiger partial charge >= 0.3 is 12.1 Å². The van der Waals surface area contributed by atoms with Crippen molar-refractivity contribution in [1.29, 1.82) is 5.26 Å². The van der Waals surface area contributed by atoms with Gasteiger partial charge in [-0.3, -0.25) is 19.4 Å². The fraction of sp³-hybridized carbons (Fsp3) is 0.500. The number of aromatic nitrogens is 1. The third-order valence-corrected chi connectivity index (χ3v) is 8.37. The number of nitrogens with one attached hydrogen (secondary N) is 2. The van der Waals surface area contributed by atoms with E-state index in [-0.39, 0.29) is 23.8 Å². The molecule has 13 heteroatoms. The molecule has 4 rings (SSSR count). The number of pyridine rings is 1. The molecule has 3 amide bonds. The van der Waals surface area contributed by atoms with Crippen LogP contribution in [0.2, 0.25) is 0 Å². The predicted molar refractivity (Wildman–Crippen MR) is 135 cm³/mol. The number of fused-ring (bicyclic) bond motifs is 2. The number of nitrogens with zero attached hydrogens (tertiary/aromatic N) is 3. The molecule has 1 saturated heterocycles. The second kappa shape index (κ2) is 10.5. The summed E-state index contributed by atoms with van der Waals surface area (Å²) in [5.74, 6) is 1.68. The van der Waals surface area contributed by atoms with Gasteiger partial charge in [-0.05, 0) is 24.2 Å². The zero-order valence-corrected chi connectivity index (χ0v) is 22.4. The highest BCUT2D eigenvalue weighted by atomic mass is 32.1. The van der Waals surface area contributed by atoms with Crippen LogP contribution in [0.3, 0.4) is 0 Å². The lowest BCUT2D eigenvalue weighted by Gasteiger charge is -2.33. The maximum absolute atomic E-state index is 13.7. The topological polar surface area (TPSA) is 124 Å². The van der Waals surface area contributed by atoms with Crippen molar-refractivity contribution < 1.29 is 32.3 Å². The highest BCUT2D eigenvalue weighted by Crippen LogP contribution is 2.65. The average molecular weight is 562 g/mol. The Morgan fingerprint density at radius 3 is 2.64 bits per heavy atom. The number of carbonyl (C=O) groups excluding carboxylic acids is 3. The Labute approximate surface area is 226 Å². The van der Waals surface area contributed by atoms with Crippen molar-refractivity contribution in [2.75, 3.05) is 20.3 Å². The fourth-order valence-corrected chi connectivity index (χ4v) is 6.35. The number of nitriles is 1. The van der Waals surface area contributed by atoms with Crippen LogP contribution in [0.4, 0.5) is 13.2 Å². The molecule has 9 nitrogen and oxygen atoms in total. The maximum Gasteiger partial charge on any atom is 0.471 e. The minimum atomic E-state index is -5.20. The summed E-state index contributed by atoms with van der Waals surface area (Å²) in [5.41, 5.74) is 0.832. The molecule has 1 unspecified atom stereocenters. The number of halogens is 3. The van der Waals surface area contributed by atoms with Crippen molar-refractivity contribution in [2.24, 2.45) is 17.3 Å². The standard InChI is InChI=1S/C26H26F3N5O4S/c1-5-6-13-12-39-18-9-31-8-14(19(13)18)16(7-30)32-22(35)21-20-15(25(20,2)3)10-34(21)23(36)17(11-38-4)33-24(37)26(27,28)29/h8-9,12,15-17,20-21H,10-11H2,1-4H3,(H,32,35)(H,33,37)/t15-,16?,17-,20-,21-/m0/s1. The van der Waals surface area contributed by atoms with Crippen LogP contribution in [0.1, 0.15) is 37.9 Å². The van der Waals surface area contributed by atoms with Crippen molar-refractivity contribution in [2.45, 2.75) is 45.1 Å². The van der Waals surface area contributed by atoms with Gasteiger partial charge < -0.3 is 20.3 Å². The third-order valence-electron chi connectivity index (χ3n) is 7.45. The summed E-state index contributed by atoms with van der Waals surface area (Å²) in [6.45, 7) is 5.16. The Balaban J connectivity index is 1.62. The first-order valence-electron chi connectivity index (χ1n) is 12.0. The van der Waals surface area contributed by atoms with E-state index in [9.17, 15) is 32.8 Å². The molecule has 39 heavy (non-hydrogen) atoms. The summed E-state index contributed by atoms with van der Waals surface area (Å²) in [6.07, 6.45) is -2.08. The lowest BCUT2D eigenvalue weighted by atomic mass is 9.98. The van der Waals surface area contributed by atoms with Gasteiger partial charge in [0.1, 0.15) is 18.1 Å². The van der Waals surface area contributed by atoms with Crippen LogP contribution in [0.15, 0.2) is 17.8 Å². The molecule has 2 fully saturated rings. The smallest absolute Gasteiger partial charge is 0.382 e. The number of hydrogen-bond acceptors (Lipinski definition) is 7. The number of ether oxygens (including phenoxy) is 1. The zero-order valence-electron chi connectivity index (χ0n) is 21.5. The molecule has 1 aliphatic heterocycles. The Morgan fingerprint density at radius 2 is 2.03 bits per heavy atom. The fourth-order valence-electron chi connectivity index (χ4n) is 5.46. The molecule has 0 radical (unpaired) electrons. The molecule has 5 atom stereocenters. The van der Waals surface area contributed by atoms with Gasteiger partial charge in [-0.15, -0.1) is 17.3 Å². The number of thiophene rings is 1. The van der Waals surface area contributed by atoms with Crippen LogP contribution in [-0.2, 0) is 19.1 Å². The van der Waals surface area contributed by atoms with Crippen LogP contribution in [0.25, 0.3) is 10.1 Å². The van der Waals surface area contributed by atoms with E-state index in [0.717, 1.165) is 4.70 Å². The molecule has 2 N–H and O–H groups in total. The first-order chi connectivity index (χ1) is 18.4. The minimum absolute atomic E-state index is 0.0762. The summed E-state index contributed by atoms with van der Waals surface area (Å²) in [5, 5.41) is 16.9. The van der Waals surface area contributed by atoms with Crippen LogP contribution >= 0.6 is 11.3 Å². The normalized spacial score (nSPS) is 22.6. The molecule has 0 bridgehead atoms. The summed E-state index contributed by atoms with van der Waals surface area (Å²) in [7, 11) is 1.18. The number of methoxy groups -OCH3 is 1. The van der Waals surface area contributed by atoms with Gasteiger partial charge in [0.2, 0.25) is 11.8 Å². The van der Waals surface area contributed by atoms with E-state index in [4.69, 9.17) is 4.74 Å². The Morgan fingerprint density at radius 1 is 1.31 bits per heavy atom. The van der Waals surface area contributed by atoms with E-state index in [0.29, 0.717) is 16.5 Å². The lowest BCUT2D eigenvalue weighted by molar-refractivity contribution is -0.175. The Kier molecular flexibility index (Phi) is 7.61. The molecule has 206 valence electrons. The predicted octanol–water partition coefficient (Wildman–Crippen LogP) is 2.53. The number of likely N-dealkylation sites (tertiary alicyclic amines) is 1. The maximum atomic E-state index is 13.7. The zero-order chi connectivity index (χ0) is 28.7. The number of piperidine rings is 1. The molecule has 2 aromatic rings. The largest absolute Gasteiger partial charge is 0.471 e. The molecule has 1 saturated carbocycles. The van der Waals surface area contributed by atoms with E-state index in [1.54, 1.807) is 18.4 Å². The molecular formula is C26H26F3N5O4S. The Hall–Kier alpha value is -3.68. The summed E-state index contributed by atoms with van der Waals surface area (Å²) in [4.78, 5) is 44.0. The number of amides is 3. The van der Waals surface area contributed by atoms with Gasteiger partial charge in [0.05, 0.1) is 17.4 Å². The molecule has 3 heterocycles. The molecule has 2 aromatic heterocycles. The van der Waals surface area contributed by atoms with Crippen LogP contribution in [0, 0.1) is 40.4 Å². The van der Waals surface area contributed by atoms with E-state index >= 15 is 0 Å². The first-order valence-corrected chi connectivity index (χ1v) is 12.9. The first kappa shape index (κ1) is 28.3. The highest BCUT2D eigenvalue weighted by molar-refractivity contribution is 7.17. The van der Waals surface area contributed by atoms with Crippen molar-refractivity contribution >= 4 is 39.1 Å². The molecular weight excluding hydrogens is 535 g/mol. The number of rotatable bonds is 7. The summed E-state index contributed by atoms with van der Waals surface area (Å²) >= 11 is 1.40.